The molecule has 1 aromatic carbocycles. The summed E-state index contributed by atoms with van der Waals surface area (Å²) in [6, 6.07) is 4.58. The van der Waals surface area contributed by atoms with Gasteiger partial charge in [0, 0.05) is 3.57 Å². The lowest BCUT2D eigenvalue weighted by Crippen LogP contribution is -2.13. The average molecular weight is 305 g/mol. The van der Waals surface area contributed by atoms with E-state index in [0.717, 1.165) is 0 Å². The molecule has 0 spiro atoms. The van der Waals surface area contributed by atoms with E-state index in [1.807, 2.05) is 22.6 Å². The number of nitrogens with two attached hydrogens (primary N) is 1. The van der Waals surface area contributed by atoms with Gasteiger partial charge in [0.1, 0.15) is 0 Å². The van der Waals surface area contributed by atoms with Crippen LogP contribution in [0.25, 0.3) is 0 Å². The van der Waals surface area contributed by atoms with Gasteiger partial charge in [0.25, 0.3) is 0 Å². The molecule has 0 radical (unpaired) electrons. The van der Waals surface area contributed by atoms with Crippen LogP contribution in [0.3, 0.4) is 0 Å². The molecule has 0 heterocycles. The van der Waals surface area contributed by atoms with Crippen LogP contribution in [0, 0.1) is 3.57 Å². The zero-order chi connectivity index (χ0) is 10.7. The largest absolute Gasteiger partial charge is 0.465 e. The van der Waals surface area contributed by atoms with Crippen molar-refractivity contribution in [1.82, 2.24) is 0 Å². The van der Waals surface area contributed by atoms with Crippen LogP contribution in [0.2, 0.25) is 0 Å². The van der Waals surface area contributed by atoms with Gasteiger partial charge in [0.15, 0.2) is 0 Å². The van der Waals surface area contributed by atoms with Crippen LogP contribution < -0.4 is 5.73 Å². The molecule has 0 aliphatic heterocycles. The van der Waals surface area contributed by atoms with E-state index in [1.54, 1.807) is 6.07 Å². The van der Waals surface area contributed by atoms with Gasteiger partial charge < -0.3 is 10.5 Å². The van der Waals surface area contributed by atoms with Gasteiger partial charge in [-0.3, -0.25) is 4.79 Å². The molecule has 4 nitrogen and oxygen atoms in total. The van der Waals surface area contributed by atoms with E-state index in [0.29, 0.717) is 14.7 Å². The summed E-state index contributed by atoms with van der Waals surface area (Å²) in [6.45, 7) is 0. The van der Waals surface area contributed by atoms with E-state index in [2.05, 4.69) is 4.74 Å². The van der Waals surface area contributed by atoms with Crippen molar-refractivity contribution in [3.63, 3.8) is 0 Å². The van der Waals surface area contributed by atoms with Crippen molar-refractivity contribution < 1.29 is 14.3 Å². The molecule has 74 valence electrons. The van der Waals surface area contributed by atoms with Crippen LogP contribution in [0.4, 0.5) is 0 Å². The highest BCUT2D eigenvalue weighted by atomic mass is 127. The van der Waals surface area contributed by atoms with Crippen molar-refractivity contribution in [1.29, 1.82) is 0 Å². The van der Waals surface area contributed by atoms with Crippen molar-refractivity contribution in [2.24, 2.45) is 5.73 Å². The molecule has 0 atom stereocenters. The van der Waals surface area contributed by atoms with Crippen LogP contribution in [-0.2, 0) is 4.74 Å². The van der Waals surface area contributed by atoms with E-state index < -0.39 is 11.9 Å². The van der Waals surface area contributed by atoms with E-state index in [9.17, 15) is 9.59 Å². The van der Waals surface area contributed by atoms with Crippen molar-refractivity contribution >= 4 is 34.5 Å². The molecule has 0 aromatic heterocycles. The Morgan fingerprint density at radius 3 is 2.50 bits per heavy atom. The summed E-state index contributed by atoms with van der Waals surface area (Å²) in [4.78, 5) is 22.0. The first kappa shape index (κ1) is 11.0. The number of halogens is 1. The minimum Gasteiger partial charge on any atom is -0.465 e. The first-order valence-electron chi connectivity index (χ1n) is 3.74. The maximum absolute atomic E-state index is 11.1. The van der Waals surface area contributed by atoms with Crippen LogP contribution in [-0.4, -0.2) is 19.0 Å². The highest BCUT2D eigenvalue weighted by Gasteiger charge is 2.10. The minimum absolute atomic E-state index is 0.401. The normalized spacial score (nSPS) is 9.57. The Morgan fingerprint density at radius 1 is 1.43 bits per heavy atom. The SMILES string of the molecule is COC(=O)c1ccc(C(N)=O)c(I)c1. The van der Waals surface area contributed by atoms with Crippen LogP contribution >= 0.6 is 22.6 Å². The van der Waals surface area contributed by atoms with Gasteiger partial charge in [0.05, 0.1) is 18.2 Å². The number of carbonyl (C=O) groups is 2. The average Bonchev–Trinajstić information content (AvgIpc) is 2.15. The number of carbonyl (C=O) groups excluding carboxylic acids is 2. The van der Waals surface area contributed by atoms with Gasteiger partial charge in [-0.2, -0.15) is 0 Å². The number of amides is 1. The summed E-state index contributed by atoms with van der Waals surface area (Å²) < 4.78 is 5.17. The molecule has 0 saturated carbocycles. The molecule has 0 aliphatic rings. The summed E-state index contributed by atoms with van der Waals surface area (Å²) in [6.07, 6.45) is 0. The Balaban J connectivity index is 3.12. The minimum atomic E-state index is -0.509. The number of hydrogen-bond acceptors (Lipinski definition) is 3. The number of benzene rings is 1. The molecule has 0 bridgehead atoms. The second-order valence-corrected chi connectivity index (χ2v) is 3.71. The summed E-state index contributed by atoms with van der Waals surface area (Å²) in [7, 11) is 1.30. The van der Waals surface area contributed by atoms with Gasteiger partial charge >= 0.3 is 5.97 Å². The van der Waals surface area contributed by atoms with E-state index in [4.69, 9.17) is 5.73 Å². The molecule has 1 aromatic rings. The molecule has 0 fully saturated rings. The number of hydrogen-bond donors (Lipinski definition) is 1. The number of primary amides is 1. The maximum atomic E-state index is 11.1. The maximum Gasteiger partial charge on any atom is 0.337 e. The Bertz CT molecular complexity index is 390. The summed E-state index contributed by atoms with van der Waals surface area (Å²) in [5.74, 6) is -0.940. The first-order chi connectivity index (χ1) is 6.56. The smallest absolute Gasteiger partial charge is 0.337 e. The number of esters is 1. The Labute approximate surface area is 94.6 Å². The molecule has 0 unspecified atom stereocenters. The molecular formula is C9H8INO3. The third kappa shape index (κ3) is 2.22. The predicted molar refractivity (Wildman–Crippen MR) is 59.0 cm³/mol. The van der Waals surface area contributed by atoms with Gasteiger partial charge in [-0.25, -0.2) is 4.79 Å². The van der Waals surface area contributed by atoms with E-state index in [1.165, 1.54) is 19.2 Å². The monoisotopic (exact) mass is 305 g/mol. The number of ether oxygens (including phenoxy) is 1. The zero-order valence-corrected chi connectivity index (χ0v) is 9.57. The number of methoxy groups -OCH3 is 1. The third-order valence-corrected chi connectivity index (χ3v) is 2.55. The second kappa shape index (κ2) is 4.41. The van der Waals surface area contributed by atoms with E-state index in [-0.39, 0.29) is 0 Å². The fourth-order valence-electron chi connectivity index (χ4n) is 0.960. The molecule has 14 heavy (non-hydrogen) atoms. The molecule has 1 amide bonds. The first-order valence-corrected chi connectivity index (χ1v) is 4.82. The molecule has 2 N–H and O–H groups in total. The third-order valence-electron chi connectivity index (χ3n) is 1.66. The van der Waals surface area contributed by atoms with Crippen molar-refractivity contribution in [3.05, 3.63) is 32.9 Å². The Hall–Kier alpha value is -1.11. The summed E-state index contributed by atoms with van der Waals surface area (Å²) in [5, 5.41) is 0. The lowest BCUT2D eigenvalue weighted by molar-refractivity contribution is 0.0600. The van der Waals surface area contributed by atoms with Gasteiger partial charge in [0.2, 0.25) is 5.91 Å². The van der Waals surface area contributed by atoms with Crippen LogP contribution in [0.15, 0.2) is 18.2 Å². The second-order valence-electron chi connectivity index (χ2n) is 2.55. The molecule has 0 aliphatic carbocycles. The highest BCUT2D eigenvalue weighted by molar-refractivity contribution is 14.1. The van der Waals surface area contributed by atoms with Gasteiger partial charge in [-0.05, 0) is 40.8 Å². The quantitative estimate of drug-likeness (QED) is 0.659. The standard InChI is InChI=1S/C9H8INO3/c1-14-9(13)5-2-3-6(8(11)12)7(10)4-5/h2-4H,1H3,(H2,11,12). The topological polar surface area (TPSA) is 69.4 Å². The zero-order valence-electron chi connectivity index (χ0n) is 7.41. The Kier molecular flexibility index (Phi) is 3.45. The highest BCUT2D eigenvalue weighted by Crippen LogP contribution is 2.14. The Morgan fingerprint density at radius 2 is 2.07 bits per heavy atom. The summed E-state index contributed by atoms with van der Waals surface area (Å²) >= 11 is 1.94. The van der Waals surface area contributed by atoms with Gasteiger partial charge in [-0.1, -0.05) is 0 Å². The number of rotatable bonds is 2. The predicted octanol–water partition coefficient (Wildman–Crippen LogP) is 1.18. The fourth-order valence-corrected chi connectivity index (χ4v) is 1.74. The van der Waals surface area contributed by atoms with E-state index >= 15 is 0 Å². The van der Waals surface area contributed by atoms with Crippen LogP contribution in [0.5, 0.6) is 0 Å². The lowest BCUT2D eigenvalue weighted by Gasteiger charge is -2.02. The summed E-state index contributed by atoms with van der Waals surface area (Å²) in [5.41, 5.74) is 5.92. The van der Waals surface area contributed by atoms with Crippen molar-refractivity contribution in [2.75, 3.05) is 7.11 Å². The van der Waals surface area contributed by atoms with Gasteiger partial charge in [-0.15, -0.1) is 0 Å². The molecule has 5 heteroatoms. The van der Waals surface area contributed by atoms with Crippen molar-refractivity contribution in [2.45, 2.75) is 0 Å². The van der Waals surface area contributed by atoms with Crippen LogP contribution in [0.1, 0.15) is 20.7 Å². The lowest BCUT2D eigenvalue weighted by atomic mass is 10.1. The molecule has 0 saturated heterocycles. The molecular weight excluding hydrogens is 297 g/mol. The fraction of sp³-hybridized carbons (Fsp3) is 0.111. The molecule has 1 rings (SSSR count). The van der Waals surface area contributed by atoms with Crippen molar-refractivity contribution in [3.8, 4) is 0 Å².